The molecule has 1 fully saturated rings. The van der Waals surface area contributed by atoms with Crippen molar-refractivity contribution in [3.05, 3.63) is 35.6 Å². The highest BCUT2D eigenvalue weighted by atomic mass is 35.5. The fraction of sp³-hybridized carbons (Fsp3) is 0.500. The molecule has 6 heteroatoms. The van der Waals surface area contributed by atoms with Crippen molar-refractivity contribution in [2.45, 2.75) is 25.4 Å². The number of nitrogens with one attached hydrogen (secondary N) is 1. The number of carbonyl (C=O) groups excluding carboxylic acids is 1. The molecule has 0 bridgehead atoms. The molecule has 1 aliphatic heterocycles. The number of nitrogens with two attached hydrogens (primary N) is 1. The summed E-state index contributed by atoms with van der Waals surface area (Å²) in [5.74, 6) is -0.292. The highest BCUT2D eigenvalue weighted by Gasteiger charge is 2.21. The third-order valence-electron chi connectivity index (χ3n) is 3.42. The van der Waals surface area contributed by atoms with Crippen molar-refractivity contribution in [3.8, 4) is 0 Å². The van der Waals surface area contributed by atoms with Gasteiger partial charge in [0.15, 0.2) is 0 Å². The number of carbonyl (C=O) groups is 1. The Balaban J connectivity index is 0.00000200. The molecule has 1 unspecified atom stereocenters. The van der Waals surface area contributed by atoms with Crippen LogP contribution in [0.25, 0.3) is 0 Å². The minimum Gasteiger partial charge on any atom is -0.348 e. The zero-order valence-electron chi connectivity index (χ0n) is 11.5. The van der Waals surface area contributed by atoms with Gasteiger partial charge in [0, 0.05) is 19.1 Å². The van der Waals surface area contributed by atoms with E-state index in [0.717, 1.165) is 25.1 Å². The van der Waals surface area contributed by atoms with E-state index in [2.05, 4.69) is 10.2 Å². The van der Waals surface area contributed by atoms with Gasteiger partial charge in [0.25, 0.3) is 0 Å². The molecule has 112 valence electrons. The van der Waals surface area contributed by atoms with Crippen LogP contribution in [0.5, 0.6) is 0 Å². The second kappa shape index (κ2) is 7.57. The summed E-state index contributed by atoms with van der Waals surface area (Å²) in [4.78, 5) is 13.9. The molecule has 4 nitrogen and oxygen atoms in total. The fourth-order valence-corrected chi connectivity index (χ4v) is 2.33. The Morgan fingerprint density at radius 2 is 2.15 bits per heavy atom. The number of rotatable bonds is 4. The topological polar surface area (TPSA) is 58.4 Å². The molecule has 20 heavy (non-hydrogen) atoms. The molecule has 1 amide bonds. The summed E-state index contributed by atoms with van der Waals surface area (Å²) in [5.41, 5.74) is 6.69. The van der Waals surface area contributed by atoms with Crippen LogP contribution in [0.3, 0.4) is 0 Å². The zero-order chi connectivity index (χ0) is 13.8. The quantitative estimate of drug-likeness (QED) is 0.885. The van der Waals surface area contributed by atoms with Crippen molar-refractivity contribution < 1.29 is 9.18 Å². The Morgan fingerprint density at radius 3 is 2.70 bits per heavy atom. The van der Waals surface area contributed by atoms with Crippen molar-refractivity contribution in [1.29, 1.82) is 0 Å². The SMILES string of the molecule is CC(NC(=O)CN1CC[C@@H](N)C1)c1ccc(F)cc1.Cl. The lowest BCUT2D eigenvalue weighted by atomic mass is 10.1. The van der Waals surface area contributed by atoms with Crippen LogP contribution in [-0.4, -0.2) is 36.5 Å². The van der Waals surface area contributed by atoms with E-state index in [1.165, 1.54) is 12.1 Å². The number of amides is 1. The summed E-state index contributed by atoms with van der Waals surface area (Å²) < 4.78 is 12.8. The zero-order valence-corrected chi connectivity index (χ0v) is 12.3. The van der Waals surface area contributed by atoms with E-state index >= 15 is 0 Å². The molecule has 0 saturated carbocycles. The van der Waals surface area contributed by atoms with E-state index in [4.69, 9.17) is 5.73 Å². The van der Waals surface area contributed by atoms with Crippen LogP contribution in [0.1, 0.15) is 24.9 Å². The van der Waals surface area contributed by atoms with Gasteiger partial charge in [-0.15, -0.1) is 12.4 Å². The predicted molar refractivity (Wildman–Crippen MR) is 79.2 cm³/mol. The summed E-state index contributed by atoms with van der Waals surface area (Å²) >= 11 is 0. The van der Waals surface area contributed by atoms with E-state index in [9.17, 15) is 9.18 Å². The Labute approximate surface area is 124 Å². The van der Waals surface area contributed by atoms with Crippen LogP contribution in [0.2, 0.25) is 0 Å². The first-order chi connectivity index (χ1) is 9.04. The highest BCUT2D eigenvalue weighted by Crippen LogP contribution is 2.13. The Kier molecular flexibility index (Phi) is 6.39. The van der Waals surface area contributed by atoms with Gasteiger partial charge >= 0.3 is 0 Å². The molecule has 0 spiro atoms. The van der Waals surface area contributed by atoms with Crippen molar-refractivity contribution in [3.63, 3.8) is 0 Å². The van der Waals surface area contributed by atoms with Crippen LogP contribution < -0.4 is 11.1 Å². The van der Waals surface area contributed by atoms with Gasteiger partial charge in [0.1, 0.15) is 5.82 Å². The molecule has 1 aromatic carbocycles. The molecular formula is C14H21ClFN3O. The number of halogens is 2. The first-order valence-corrected chi connectivity index (χ1v) is 6.57. The highest BCUT2D eigenvalue weighted by molar-refractivity contribution is 5.85. The Morgan fingerprint density at radius 1 is 1.50 bits per heavy atom. The molecular weight excluding hydrogens is 281 g/mol. The average Bonchev–Trinajstić information content (AvgIpc) is 2.75. The first-order valence-electron chi connectivity index (χ1n) is 6.57. The van der Waals surface area contributed by atoms with Crippen molar-refractivity contribution in [2.24, 2.45) is 5.73 Å². The first kappa shape index (κ1) is 16.9. The van der Waals surface area contributed by atoms with Crippen LogP contribution in [0, 0.1) is 5.82 Å². The van der Waals surface area contributed by atoms with Gasteiger partial charge < -0.3 is 11.1 Å². The summed E-state index contributed by atoms with van der Waals surface area (Å²) in [6.45, 7) is 3.91. The molecule has 1 aliphatic rings. The predicted octanol–water partition coefficient (Wildman–Crippen LogP) is 1.46. The number of nitrogens with zero attached hydrogens (tertiary/aromatic N) is 1. The van der Waals surface area contributed by atoms with Gasteiger partial charge in [-0.1, -0.05) is 12.1 Å². The van der Waals surface area contributed by atoms with Crippen molar-refractivity contribution in [2.75, 3.05) is 19.6 Å². The lowest BCUT2D eigenvalue weighted by Crippen LogP contribution is -2.38. The maximum Gasteiger partial charge on any atom is 0.234 e. The van der Waals surface area contributed by atoms with E-state index < -0.39 is 0 Å². The molecule has 1 aromatic rings. The molecule has 0 radical (unpaired) electrons. The van der Waals surface area contributed by atoms with Gasteiger partial charge in [-0.2, -0.15) is 0 Å². The van der Waals surface area contributed by atoms with Crippen molar-refractivity contribution in [1.82, 2.24) is 10.2 Å². The Bertz CT molecular complexity index is 441. The lowest BCUT2D eigenvalue weighted by Gasteiger charge is -2.18. The fourth-order valence-electron chi connectivity index (χ4n) is 2.33. The van der Waals surface area contributed by atoms with E-state index in [1.54, 1.807) is 12.1 Å². The van der Waals surface area contributed by atoms with Crippen LogP contribution >= 0.6 is 12.4 Å². The Hall–Kier alpha value is -1.17. The van der Waals surface area contributed by atoms with E-state index in [0.29, 0.717) is 6.54 Å². The van der Waals surface area contributed by atoms with Crippen LogP contribution in [0.4, 0.5) is 4.39 Å². The number of likely N-dealkylation sites (tertiary alicyclic amines) is 1. The van der Waals surface area contributed by atoms with Crippen molar-refractivity contribution >= 4 is 18.3 Å². The third-order valence-corrected chi connectivity index (χ3v) is 3.42. The average molecular weight is 302 g/mol. The summed E-state index contributed by atoms with van der Waals surface area (Å²) in [6, 6.07) is 6.24. The van der Waals surface area contributed by atoms with Gasteiger partial charge in [-0.3, -0.25) is 9.69 Å². The largest absolute Gasteiger partial charge is 0.348 e. The smallest absolute Gasteiger partial charge is 0.234 e. The lowest BCUT2D eigenvalue weighted by molar-refractivity contribution is -0.122. The van der Waals surface area contributed by atoms with Gasteiger partial charge in [-0.05, 0) is 31.0 Å². The molecule has 3 N–H and O–H groups in total. The monoisotopic (exact) mass is 301 g/mol. The van der Waals surface area contributed by atoms with E-state index in [1.807, 2.05) is 6.92 Å². The molecule has 0 aliphatic carbocycles. The number of benzene rings is 1. The summed E-state index contributed by atoms with van der Waals surface area (Å²) in [6.07, 6.45) is 0.945. The van der Waals surface area contributed by atoms with Crippen LogP contribution in [0.15, 0.2) is 24.3 Å². The summed E-state index contributed by atoms with van der Waals surface area (Å²) in [5, 5.41) is 2.91. The second-order valence-corrected chi connectivity index (χ2v) is 5.12. The maximum absolute atomic E-state index is 12.8. The van der Waals surface area contributed by atoms with Gasteiger partial charge in [-0.25, -0.2) is 4.39 Å². The number of hydrogen-bond acceptors (Lipinski definition) is 3. The van der Waals surface area contributed by atoms with Crippen LogP contribution in [-0.2, 0) is 4.79 Å². The molecule has 1 saturated heterocycles. The maximum atomic E-state index is 12.8. The normalized spacial score (nSPS) is 20.2. The molecule has 1 heterocycles. The van der Waals surface area contributed by atoms with Gasteiger partial charge in [0.2, 0.25) is 5.91 Å². The second-order valence-electron chi connectivity index (χ2n) is 5.12. The number of hydrogen-bond donors (Lipinski definition) is 2. The standard InChI is InChI=1S/C14H20FN3O.ClH/c1-10(11-2-4-12(15)5-3-11)17-14(19)9-18-7-6-13(16)8-18;/h2-5,10,13H,6-9,16H2,1H3,(H,17,19);1H/t10?,13-;/m1./s1. The van der Waals surface area contributed by atoms with E-state index in [-0.39, 0.29) is 36.2 Å². The molecule has 2 rings (SSSR count). The van der Waals surface area contributed by atoms with Gasteiger partial charge in [0.05, 0.1) is 12.6 Å². The third kappa shape index (κ3) is 4.74. The molecule has 2 atom stereocenters. The minimum absolute atomic E-state index is 0. The molecule has 0 aromatic heterocycles. The minimum atomic E-state index is -0.270. The summed E-state index contributed by atoms with van der Waals surface area (Å²) in [7, 11) is 0.